The van der Waals surface area contributed by atoms with Crippen molar-refractivity contribution in [1.29, 1.82) is 0 Å². The Bertz CT molecular complexity index is 3220. The zero-order valence-electron chi connectivity index (χ0n) is 29.8. The van der Waals surface area contributed by atoms with Gasteiger partial charge in [0.1, 0.15) is 22.3 Å². The van der Waals surface area contributed by atoms with Gasteiger partial charge in [-0.1, -0.05) is 133 Å². The van der Waals surface area contributed by atoms with Crippen molar-refractivity contribution in [1.82, 2.24) is 0 Å². The molecular formula is C52H33NO2. The van der Waals surface area contributed by atoms with Crippen LogP contribution in [0.1, 0.15) is 0 Å². The number of fused-ring (bicyclic) bond motifs is 7. The Hall–Kier alpha value is -7.36. The quantitative estimate of drug-likeness (QED) is 0.173. The molecule has 258 valence electrons. The molecule has 11 rings (SSSR count). The average molecular weight is 704 g/mol. The minimum atomic E-state index is 0.854. The molecule has 0 fully saturated rings. The van der Waals surface area contributed by atoms with Crippen molar-refractivity contribution in [2.75, 3.05) is 4.90 Å². The third kappa shape index (κ3) is 5.28. The number of benzene rings is 9. The van der Waals surface area contributed by atoms with E-state index >= 15 is 0 Å². The fraction of sp³-hybridized carbons (Fsp3) is 0. The molecule has 9 aromatic carbocycles. The first-order chi connectivity index (χ1) is 27.2. The number of rotatable bonds is 6. The Kier molecular flexibility index (Phi) is 7.17. The van der Waals surface area contributed by atoms with Crippen LogP contribution in [0.3, 0.4) is 0 Å². The monoisotopic (exact) mass is 703 g/mol. The van der Waals surface area contributed by atoms with E-state index in [0.29, 0.717) is 0 Å². The molecule has 55 heavy (non-hydrogen) atoms. The number of nitrogens with zero attached hydrogens (tertiary/aromatic N) is 1. The highest BCUT2D eigenvalue weighted by Gasteiger charge is 2.22. The third-order valence-corrected chi connectivity index (χ3v) is 10.9. The fourth-order valence-electron chi connectivity index (χ4n) is 8.21. The van der Waals surface area contributed by atoms with E-state index in [2.05, 4.69) is 181 Å². The number of para-hydroxylation sites is 3. The first-order valence-corrected chi connectivity index (χ1v) is 18.7. The van der Waals surface area contributed by atoms with Crippen molar-refractivity contribution < 1.29 is 8.83 Å². The highest BCUT2D eigenvalue weighted by atomic mass is 16.3. The molecule has 0 aliphatic carbocycles. The minimum Gasteiger partial charge on any atom is -0.456 e. The fourth-order valence-corrected chi connectivity index (χ4v) is 8.21. The molecule has 0 atom stereocenters. The molecule has 0 N–H and O–H groups in total. The first kappa shape index (κ1) is 31.2. The van der Waals surface area contributed by atoms with E-state index in [9.17, 15) is 0 Å². The smallest absolute Gasteiger partial charge is 0.137 e. The molecule has 3 nitrogen and oxygen atoms in total. The molecule has 2 heterocycles. The van der Waals surface area contributed by atoms with Gasteiger partial charge >= 0.3 is 0 Å². The van der Waals surface area contributed by atoms with Crippen LogP contribution in [0.5, 0.6) is 0 Å². The SMILES string of the molecule is c1cc(-c2ccc(N(c3ccccc3-c3ccc4c(c3)oc3ccccc34)c3cccc4oc5ccccc5c34)cc2)cc(-c2ccc3ccccc3c2)c1. The Morgan fingerprint density at radius 1 is 0.309 bits per heavy atom. The van der Waals surface area contributed by atoms with Gasteiger partial charge in [-0.3, -0.25) is 0 Å². The second-order valence-electron chi connectivity index (χ2n) is 14.1. The average Bonchev–Trinajstić information content (AvgIpc) is 3.83. The van der Waals surface area contributed by atoms with Crippen molar-refractivity contribution in [3.05, 3.63) is 200 Å². The molecule has 3 heteroatoms. The number of hydrogen-bond acceptors (Lipinski definition) is 3. The molecule has 0 aliphatic rings. The summed E-state index contributed by atoms with van der Waals surface area (Å²) in [6.07, 6.45) is 0. The molecule has 0 aliphatic heterocycles. The molecule has 0 spiro atoms. The van der Waals surface area contributed by atoms with Gasteiger partial charge in [0.25, 0.3) is 0 Å². The third-order valence-electron chi connectivity index (χ3n) is 10.9. The second kappa shape index (κ2) is 12.6. The lowest BCUT2D eigenvalue weighted by Gasteiger charge is -2.28. The summed E-state index contributed by atoms with van der Waals surface area (Å²) in [4.78, 5) is 2.37. The van der Waals surface area contributed by atoms with E-state index in [-0.39, 0.29) is 0 Å². The minimum absolute atomic E-state index is 0.854. The van der Waals surface area contributed by atoms with Gasteiger partial charge in [-0.05, 0) is 105 Å². The number of furan rings is 2. The molecule has 2 aromatic heterocycles. The van der Waals surface area contributed by atoms with Gasteiger partial charge in [-0.15, -0.1) is 0 Å². The van der Waals surface area contributed by atoms with Crippen LogP contribution < -0.4 is 4.90 Å². The second-order valence-corrected chi connectivity index (χ2v) is 14.1. The van der Waals surface area contributed by atoms with Crippen molar-refractivity contribution in [2.24, 2.45) is 0 Å². The predicted octanol–water partition coefficient (Wildman–Crippen LogP) is 15.1. The Morgan fingerprint density at radius 2 is 0.891 bits per heavy atom. The highest BCUT2D eigenvalue weighted by molar-refractivity contribution is 6.14. The summed E-state index contributed by atoms with van der Waals surface area (Å²) in [5.74, 6) is 0. The summed E-state index contributed by atoms with van der Waals surface area (Å²) in [5.41, 5.74) is 13.6. The van der Waals surface area contributed by atoms with Crippen LogP contribution in [0.15, 0.2) is 209 Å². The maximum atomic E-state index is 6.42. The molecule has 0 bridgehead atoms. The largest absolute Gasteiger partial charge is 0.456 e. The summed E-state index contributed by atoms with van der Waals surface area (Å²) >= 11 is 0. The van der Waals surface area contributed by atoms with Gasteiger partial charge in [0, 0.05) is 27.4 Å². The Labute approximate surface area is 317 Å². The van der Waals surface area contributed by atoms with Crippen LogP contribution in [0.25, 0.3) is 88.0 Å². The number of anilines is 3. The molecule has 0 unspecified atom stereocenters. The molecule has 0 amide bonds. The van der Waals surface area contributed by atoms with Crippen LogP contribution in [-0.4, -0.2) is 0 Å². The van der Waals surface area contributed by atoms with Gasteiger partial charge in [0.05, 0.1) is 16.8 Å². The van der Waals surface area contributed by atoms with Crippen LogP contribution >= 0.6 is 0 Å². The zero-order chi connectivity index (χ0) is 36.3. The van der Waals surface area contributed by atoms with Gasteiger partial charge in [-0.25, -0.2) is 0 Å². The Balaban J connectivity index is 1.06. The maximum absolute atomic E-state index is 6.42. The van der Waals surface area contributed by atoms with E-state index in [0.717, 1.165) is 77.6 Å². The van der Waals surface area contributed by atoms with Gasteiger partial charge < -0.3 is 13.7 Å². The lowest BCUT2D eigenvalue weighted by Crippen LogP contribution is -2.11. The van der Waals surface area contributed by atoms with E-state index in [1.54, 1.807) is 0 Å². The van der Waals surface area contributed by atoms with E-state index in [4.69, 9.17) is 8.83 Å². The van der Waals surface area contributed by atoms with E-state index in [1.165, 1.54) is 27.5 Å². The van der Waals surface area contributed by atoms with Crippen molar-refractivity contribution >= 4 is 71.7 Å². The van der Waals surface area contributed by atoms with Gasteiger partial charge in [0.15, 0.2) is 0 Å². The lowest BCUT2D eigenvalue weighted by atomic mass is 9.97. The molecule has 0 saturated heterocycles. The van der Waals surface area contributed by atoms with Crippen LogP contribution in [0.4, 0.5) is 17.1 Å². The van der Waals surface area contributed by atoms with Gasteiger partial charge in [0.2, 0.25) is 0 Å². The van der Waals surface area contributed by atoms with Crippen molar-refractivity contribution in [3.8, 4) is 33.4 Å². The normalized spacial score (nSPS) is 11.6. The number of hydrogen-bond donors (Lipinski definition) is 0. The lowest BCUT2D eigenvalue weighted by molar-refractivity contribution is 0.668. The summed E-state index contributed by atoms with van der Waals surface area (Å²) in [6.45, 7) is 0. The maximum Gasteiger partial charge on any atom is 0.137 e. The van der Waals surface area contributed by atoms with E-state index in [1.807, 2.05) is 24.3 Å². The molecular weight excluding hydrogens is 671 g/mol. The molecule has 0 radical (unpaired) electrons. The van der Waals surface area contributed by atoms with Crippen molar-refractivity contribution in [2.45, 2.75) is 0 Å². The molecule has 11 aromatic rings. The summed E-state index contributed by atoms with van der Waals surface area (Å²) in [5, 5.41) is 6.89. The van der Waals surface area contributed by atoms with Crippen LogP contribution in [0.2, 0.25) is 0 Å². The van der Waals surface area contributed by atoms with Crippen LogP contribution in [-0.2, 0) is 0 Å². The first-order valence-electron chi connectivity index (χ1n) is 18.7. The summed E-state index contributed by atoms with van der Waals surface area (Å²) in [6, 6.07) is 71.1. The predicted molar refractivity (Wildman–Crippen MR) is 229 cm³/mol. The zero-order valence-corrected chi connectivity index (χ0v) is 29.8. The molecule has 0 saturated carbocycles. The van der Waals surface area contributed by atoms with E-state index < -0.39 is 0 Å². The summed E-state index contributed by atoms with van der Waals surface area (Å²) in [7, 11) is 0. The van der Waals surface area contributed by atoms with Gasteiger partial charge in [-0.2, -0.15) is 0 Å². The topological polar surface area (TPSA) is 29.5 Å². The highest BCUT2D eigenvalue weighted by Crippen LogP contribution is 2.46. The van der Waals surface area contributed by atoms with Crippen LogP contribution in [0, 0.1) is 0 Å². The summed E-state index contributed by atoms with van der Waals surface area (Å²) < 4.78 is 12.8. The Morgan fingerprint density at radius 3 is 1.76 bits per heavy atom. The standard InChI is InChI=1S/C52H33NO2/c1-2-12-36-32-39(24-23-34(36)11-1)38-14-9-13-37(31-38)35-25-28-41(29-26-35)53(47-19-10-22-50-52(47)45-17-5-8-21-49(45)54-50)46-18-6-3-15-42(46)40-27-30-44-43-16-4-7-20-48(43)55-51(44)33-40/h1-33H. The van der Waals surface area contributed by atoms with Crippen molar-refractivity contribution in [3.63, 3.8) is 0 Å².